The second-order valence-corrected chi connectivity index (χ2v) is 4.81. The molecule has 2 heterocycles. The maximum Gasteiger partial charge on any atom is 0.287 e. The van der Waals surface area contributed by atoms with Crippen molar-refractivity contribution in [3.05, 3.63) is 21.6 Å². The lowest BCUT2D eigenvalue weighted by Gasteiger charge is -2.36. The summed E-state index contributed by atoms with van der Waals surface area (Å²) < 4.78 is 6.88. The fourth-order valence-corrected chi connectivity index (χ4v) is 2.39. The molecule has 17 heavy (non-hydrogen) atoms. The molecule has 1 saturated heterocycles. The molecule has 1 fully saturated rings. The second kappa shape index (κ2) is 4.66. The highest BCUT2D eigenvalue weighted by Crippen LogP contribution is 2.24. The van der Waals surface area contributed by atoms with Gasteiger partial charge < -0.3 is 9.64 Å². The molecule has 0 N–H and O–H groups in total. The van der Waals surface area contributed by atoms with Crippen LogP contribution in [0.2, 0.25) is 5.02 Å². The summed E-state index contributed by atoms with van der Waals surface area (Å²) in [5.74, 6) is 0. The predicted molar refractivity (Wildman–Crippen MR) is 66.7 cm³/mol. The van der Waals surface area contributed by atoms with Gasteiger partial charge in [0.2, 0.25) is 0 Å². The third kappa shape index (κ3) is 2.45. The van der Waals surface area contributed by atoms with Gasteiger partial charge >= 0.3 is 0 Å². The Bertz CT molecular complexity index is 464. The van der Waals surface area contributed by atoms with E-state index in [1.54, 1.807) is 13.2 Å². The number of nitrogens with zero attached hydrogens (tertiary/aromatic N) is 3. The number of anilines is 1. The van der Waals surface area contributed by atoms with Gasteiger partial charge in [0.15, 0.2) is 0 Å². The number of halogens is 1. The van der Waals surface area contributed by atoms with Crippen molar-refractivity contribution in [2.45, 2.75) is 26.1 Å². The highest BCUT2D eigenvalue weighted by atomic mass is 35.5. The van der Waals surface area contributed by atoms with E-state index in [0.29, 0.717) is 5.69 Å². The van der Waals surface area contributed by atoms with Gasteiger partial charge in [-0.3, -0.25) is 4.79 Å². The molecule has 0 bridgehead atoms. The van der Waals surface area contributed by atoms with Crippen LogP contribution in [0.4, 0.5) is 5.69 Å². The summed E-state index contributed by atoms with van der Waals surface area (Å²) in [6, 6.07) is 0. The van der Waals surface area contributed by atoms with E-state index < -0.39 is 0 Å². The molecule has 0 radical (unpaired) electrons. The molecule has 2 rings (SSSR count). The number of rotatable bonds is 1. The van der Waals surface area contributed by atoms with Crippen LogP contribution in [0.3, 0.4) is 0 Å². The monoisotopic (exact) mass is 257 g/mol. The van der Waals surface area contributed by atoms with Crippen molar-refractivity contribution in [3.63, 3.8) is 0 Å². The Labute approximate surface area is 105 Å². The van der Waals surface area contributed by atoms with Crippen LogP contribution < -0.4 is 10.5 Å². The molecule has 0 aliphatic carbocycles. The molecule has 1 aromatic heterocycles. The summed E-state index contributed by atoms with van der Waals surface area (Å²) in [4.78, 5) is 13.8. The Kier molecular flexibility index (Phi) is 3.40. The zero-order valence-electron chi connectivity index (χ0n) is 10.2. The Morgan fingerprint density at radius 1 is 1.41 bits per heavy atom. The zero-order chi connectivity index (χ0) is 12.6. The number of aryl methyl sites for hydroxylation is 1. The van der Waals surface area contributed by atoms with Crippen LogP contribution in [-0.2, 0) is 11.8 Å². The first-order valence-corrected chi connectivity index (χ1v) is 5.99. The van der Waals surface area contributed by atoms with Gasteiger partial charge in [0.05, 0.1) is 24.1 Å². The van der Waals surface area contributed by atoms with Gasteiger partial charge in [-0.15, -0.1) is 0 Å². The lowest BCUT2D eigenvalue weighted by Crippen LogP contribution is -2.46. The van der Waals surface area contributed by atoms with E-state index >= 15 is 0 Å². The Balaban J connectivity index is 2.34. The molecule has 0 saturated carbocycles. The topological polar surface area (TPSA) is 47.4 Å². The molecule has 1 aromatic rings. The molecule has 0 aromatic carbocycles. The van der Waals surface area contributed by atoms with Gasteiger partial charge in [-0.2, -0.15) is 5.10 Å². The van der Waals surface area contributed by atoms with Crippen LogP contribution in [0.25, 0.3) is 0 Å². The molecular weight excluding hydrogens is 242 g/mol. The molecule has 1 aliphatic heterocycles. The molecule has 6 heteroatoms. The van der Waals surface area contributed by atoms with Crippen molar-refractivity contribution in [1.82, 2.24) is 9.78 Å². The van der Waals surface area contributed by atoms with Gasteiger partial charge in [0, 0.05) is 20.1 Å². The normalized spacial score (nSPS) is 25.1. The van der Waals surface area contributed by atoms with Gasteiger partial charge in [-0.05, 0) is 13.8 Å². The largest absolute Gasteiger partial charge is 0.372 e. The maximum absolute atomic E-state index is 11.7. The lowest BCUT2D eigenvalue weighted by molar-refractivity contribution is -0.00524. The van der Waals surface area contributed by atoms with Crippen LogP contribution in [-0.4, -0.2) is 35.1 Å². The standard InChI is InChI=1S/C11H16ClN3O2/c1-7-5-15(6-8(2)17-7)9-4-13-14(3)11(16)10(9)12/h4,7-8H,5-6H2,1-3H3/t7-,8-/m0/s1. The minimum absolute atomic E-state index is 0.124. The molecule has 0 unspecified atom stereocenters. The predicted octanol–water partition coefficient (Wildman–Crippen LogP) is 1.05. The molecule has 1 aliphatic rings. The summed E-state index contributed by atoms with van der Waals surface area (Å²) in [7, 11) is 1.59. The first kappa shape index (κ1) is 12.4. The summed E-state index contributed by atoms with van der Waals surface area (Å²) in [5, 5.41) is 4.23. The summed E-state index contributed by atoms with van der Waals surface area (Å²) in [6.45, 7) is 5.45. The first-order chi connectivity index (χ1) is 7.99. The minimum atomic E-state index is -0.268. The fourth-order valence-electron chi connectivity index (χ4n) is 2.10. The zero-order valence-corrected chi connectivity index (χ0v) is 10.9. The molecule has 2 atom stereocenters. The molecule has 94 valence electrons. The van der Waals surface area contributed by atoms with Crippen molar-refractivity contribution in [2.24, 2.45) is 7.05 Å². The average Bonchev–Trinajstić information content (AvgIpc) is 2.24. The fraction of sp³-hybridized carbons (Fsp3) is 0.636. The number of morpholine rings is 1. The lowest BCUT2D eigenvalue weighted by atomic mass is 10.2. The van der Waals surface area contributed by atoms with E-state index in [0.717, 1.165) is 13.1 Å². The van der Waals surface area contributed by atoms with Gasteiger partial charge in [0.1, 0.15) is 5.02 Å². The number of aromatic nitrogens is 2. The van der Waals surface area contributed by atoms with Crippen LogP contribution in [0.5, 0.6) is 0 Å². The van der Waals surface area contributed by atoms with Crippen molar-refractivity contribution in [1.29, 1.82) is 0 Å². The van der Waals surface area contributed by atoms with Crippen LogP contribution >= 0.6 is 11.6 Å². The quantitative estimate of drug-likeness (QED) is 0.755. The Morgan fingerprint density at radius 2 is 2.00 bits per heavy atom. The Hall–Kier alpha value is -1.07. The van der Waals surface area contributed by atoms with E-state index in [-0.39, 0.29) is 22.8 Å². The highest BCUT2D eigenvalue weighted by molar-refractivity contribution is 6.33. The SMILES string of the molecule is C[C@H]1CN(c2cnn(C)c(=O)c2Cl)C[C@H](C)O1. The van der Waals surface area contributed by atoms with E-state index in [1.807, 2.05) is 13.8 Å². The second-order valence-electron chi connectivity index (χ2n) is 4.43. The summed E-state index contributed by atoms with van der Waals surface area (Å²) >= 11 is 6.07. The molecule has 0 amide bonds. The maximum atomic E-state index is 11.7. The molecule has 5 nitrogen and oxygen atoms in total. The van der Waals surface area contributed by atoms with E-state index in [4.69, 9.17) is 16.3 Å². The average molecular weight is 258 g/mol. The first-order valence-electron chi connectivity index (χ1n) is 5.61. The highest BCUT2D eigenvalue weighted by Gasteiger charge is 2.25. The van der Waals surface area contributed by atoms with Crippen LogP contribution in [0.1, 0.15) is 13.8 Å². The van der Waals surface area contributed by atoms with Crippen molar-refractivity contribution in [2.75, 3.05) is 18.0 Å². The summed E-state index contributed by atoms with van der Waals surface area (Å²) in [5.41, 5.74) is 0.424. The van der Waals surface area contributed by atoms with Gasteiger partial charge in [-0.1, -0.05) is 11.6 Å². The number of hydrogen-bond donors (Lipinski definition) is 0. The van der Waals surface area contributed by atoms with Gasteiger partial charge in [0.25, 0.3) is 5.56 Å². The van der Waals surface area contributed by atoms with Crippen LogP contribution in [0.15, 0.2) is 11.0 Å². The van der Waals surface area contributed by atoms with Crippen molar-refractivity contribution in [3.8, 4) is 0 Å². The van der Waals surface area contributed by atoms with Crippen LogP contribution in [0, 0.1) is 0 Å². The van der Waals surface area contributed by atoms with E-state index in [1.165, 1.54) is 4.68 Å². The van der Waals surface area contributed by atoms with E-state index in [9.17, 15) is 4.79 Å². The third-order valence-corrected chi connectivity index (χ3v) is 3.18. The van der Waals surface area contributed by atoms with E-state index in [2.05, 4.69) is 10.00 Å². The summed E-state index contributed by atoms with van der Waals surface area (Å²) in [6.07, 6.45) is 1.88. The Morgan fingerprint density at radius 3 is 2.59 bits per heavy atom. The third-order valence-electron chi connectivity index (χ3n) is 2.82. The number of ether oxygens (including phenoxy) is 1. The van der Waals surface area contributed by atoms with Gasteiger partial charge in [-0.25, -0.2) is 4.68 Å². The number of hydrogen-bond acceptors (Lipinski definition) is 4. The minimum Gasteiger partial charge on any atom is -0.372 e. The van der Waals surface area contributed by atoms with Crippen molar-refractivity contribution < 1.29 is 4.74 Å². The molecule has 0 spiro atoms. The molecular formula is C11H16ClN3O2. The van der Waals surface area contributed by atoms with Crippen molar-refractivity contribution >= 4 is 17.3 Å². The smallest absolute Gasteiger partial charge is 0.287 e.